The van der Waals surface area contributed by atoms with E-state index in [0.29, 0.717) is 29.6 Å². The van der Waals surface area contributed by atoms with Crippen LogP contribution in [0.5, 0.6) is 0 Å². The molecule has 0 aliphatic carbocycles. The third-order valence-corrected chi connectivity index (χ3v) is 5.13. The van der Waals surface area contributed by atoms with Crippen molar-refractivity contribution in [3.63, 3.8) is 0 Å². The van der Waals surface area contributed by atoms with Gasteiger partial charge in [-0.05, 0) is 30.3 Å². The van der Waals surface area contributed by atoms with E-state index in [-0.39, 0.29) is 5.91 Å². The van der Waals surface area contributed by atoms with E-state index in [1.165, 1.54) is 0 Å². The SMILES string of the molecule is O=C(c1cc(-c2cccnc2)on1)N1CCc2[nH]c3ccc(Cl)cc3c2C1. The van der Waals surface area contributed by atoms with Crippen molar-refractivity contribution in [2.45, 2.75) is 13.0 Å². The summed E-state index contributed by atoms with van der Waals surface area (Å²) in [6, 6.07) is 11.1. The summed E-state index contributed by atoms with van der Waals surface area (Å²) < 4.78 is 5.34. The molecule has 6 nitrogen and oxygen atoms in total. The topological polar surface area (TPSA) is 75.0 Å². The molecule has 1 aromatic carbocycles. The number of nitrogens with one attached hydrogen (secondary N) is 1. The second-order valence-corrected chi connectivity index (χ2v) is 7.00. The first kappa shape index (κ1) is 16.1. The molecule has 1 aliphatic rings. The Morgan fingerprint density at radius 1 is 1.26 bits per heavy atom. The summed E-state index contributed by atoms with van der Waals surface area (Å²) in [7, 11) is 0. The van der Waals surface area contributed by atoms with Crippen LogP contribution < -0.4 is 0 Å². The number of aromatic amines is 1. The highest BCUT2D eigenvalue weighted by molar-refractivity contribution is 6.31. The molecule has 1 aliphatic heterocycles. The molecular formula is C20H15ClN4O2. The maximum Gasteiger partial charge on any atom is 0.276 e. The molecule has 0 saturated carbocycles. The summed E-state index contributed by atoms with van der Waals surface area (Å²) in [5.41, 5.74) is 4.40. The van der Waals surface area contributed by atoms with Crippen molar-refractivity contribution in [1.82, 2.24) is 20.0 Å². The van der Waals surface area contributed by atoms with Gasteiger partial charge < -0.3 is 14.4 Å². The van der Waals surface area contributed by atoms with Crippen LogP contribution in [0.15, 0.2) is 53.3 Å². The Balaban J connectivity index is 1.43. The summed E-state index contributed by atoms with van der Waals surface area (Å²) in [6.07, 6.45) is 4.13. The lowest BCUT2D eigenvalue weighted by Crippen LogP contribution is -2.35. The summed E-state index contributed by atoms with van der Waals surface area (Å²) >= 11 is 6.15. The number of hydrogen-bond donors (Lipinski definition) is 1. The second kappa shape index (κ2) is 6.25. The Bertz CT molecular complexity index is 1150. The van der Waals surface area contributed by atoms with E-state index in [1.54, 1.807) is 23.4 Å². The van der Waals surface area contributed by atoms with Crippen molar-refractivity contribution in [1.29, 1.82) is 0 Å². The van der Waals surface area contributed by atoms with Crippen molar-refractivity contribution in [2.24, 2.45) is 0 Å². The van der Waals surface area contributed by atoms with Crippen LogP contribution in [-0.4, -0.2) is 32.5 Å². The standard InChI is InChI=1S/C20H15ClN4O2/c21-13-3-4-16-14(8-13)15-11-25(7-5-17(15)23-16)20(26)18-9-19(27-24-18)12-2-1-6-22-10-12/h1-4,6,8-10,23H,5,7,11H2. The smallest absolute Gasteiger partial charge is 0.276 e. The van der Waals surface area contributed by atoms with Crippen LogP contribution >= 0.6 is 11.6 Å². The van der Waals surface area contributed by atoms with Crippen LogP contribution in [-0.2, 0) is 13.0 Å². The molecule has 0 bridgehead atoms. The Kier molecular flexibility index (Phi) is 3.72. The number of carbonyl (C=O) groups is 1. The monoisotopic (exact) mass is 378 g/mol. The van der Waals surface area contributed by atoms with E-state index in [9.17, 15) is 4.79 Å². The molecule has 1 amide bonds. The quantitative estimate of drug-likeness (QED) is 0.570. The van der Waals surface area contributed by atoms with Gasteiger partial charge in [0.2, 0.25) is 0 Å². The fraction of sp³-hybridized carbons (Fsp3) is 0.150. The summed E-state index contributed by atoms with van der Waals surface area (Å²) in [4.78, 5) is 22.2. The van der Waals surface area contributed by atoms with E-state index in [4.69, 9.17) is 16.1 Å². The first-order valence-corrected chi connectivity index (χ1v) is 9.02. The maximum absolute atomic E-state index is 12.9. The molecule has 0 atom stereocenters. The summed E-state index contributed by atoms with van der Waals surface area (Å²) in [5, 5.41) is 5.71. The fourth-order valence-corrected chi connectivity index (χ4v) is 3.71. The fourth-order valence-electron chi connectivity index (χ4n) is 3.54. The van der Waals surface area contributed by atoms with E-state index in [0.717, 1.165) is 34.1 Å². The van der Waals surface area contributed by atoms with Crippen molar-refractivity contribution >= 4 is 28.4 Å². The molecule has 134 valence electrons. The summed E-state index contributed by atoms with van der Waals surface area (Å²) in [6.45, 7) is 1.14. The van der Waals surface area contributed by atoms with Crippen LogP contribution in [0.1, 0.15) is 21.7 Å². The van der Waals surface area contributed by atoms with Gasteiger partial charge in [-0.15, -0.1) is 0 Å². The van der Waals surface area contributed by atoms with E-state index >= 15 is 0 Å². The molecule has 3 aromatic heterocycles. The van der Waals surface area contributed by atoms with Gasteiger partial charge in [-0.3, -0.25) is 9.78 Å². The predicted molar refractivity (Wildman–Crippen MR) is 101 cm³/mol. The van der Waals surface area contributed by atoms with Gasteiger partial charge >= 0.3 is 0 Å². The minimum atomic E-state index is -0.143. The van der Waals surface area contributed by atoms with Crippen LogP contribution in [0.4, 0.5) is 0 Å². The molecule has 0 radical (unpaired) electrons. The summed E-state index contributed by atoms with van der Waals surface area (Å²) in [5.74, 6) is 0.388. The van der Waals surface area contributed by atoms with Gasteiger partial charge in [0.25, 0.3) is 5.91 Å². The molecule has 0 unspecified atom stereocenters. The van der Waals surface area contributed by atoms with Crippen LogP contribution in [0, 0.1) is 0 Å². The Hall–Kier alpha value is -3.12. The molecule has 0 spiro atoms. The third kappa shape index (κ3) is 2.78. The van der Waals surface area contributed by atoms with Crippen molar-refractivity contribution in [2.75, 3.05) is 6.54 Å². The van der Waals surface area contributed by atoms with Gasteiger partial charge in [-0.1, -0.05) is 16.8 Å². The van der Waals surface area contributed by atoms with Crippen LogP contribution in [0.25, 0.3) is 22.2 Å². The molecule has 1 N–H and O–H groups in total. The number of pyridine rings is 1. The molecule has 0 fully saturated rings. The van der Waals surface area contributed by atoms with Gasteiger partial charge in [-0.2, -0.15) is 0 Å². The van der Waals surface area contributed by atoms with E-state index < -0.39 is 0 Å². The lowest BCUT2D eigenvalue weighted by Gasteiger charge is -2.26. The van der Waals surface area contributed by atoms with Crippen molar-refractivity contribution in [3.8, 4) is 11.3 Å². The molecule has 4 heterocycles. The minimum Gasteiger partial charge on any atom is -0.358 e. The number of amides is 1. The highest BCUT2D eigenvalue weighted by Gasteiger charge is 2.27. The van der Waals surface area contributed by atoms with Crippen molar-refractivity contribution < 1.29 is 9.32 Å². The minimum absolute atomic E-state index is 0.143. The molecular weight excluding hydrogens is 364 g/mol. The average Bonchev–Trinajstić information content (AvgIpc) is 3.33. The number of carbonyl (C=O) groups excluding carboxylic acids is 1. The Labute approximate surface area is 159 Å². The second-order valence-electron chi connectivity index (χ2n) is 6.57. The number of aromatic nitrogens is 3. The normalized spacial score (nSPS) is 13.7. The first-order valence-electron chi connectivity index (χ1n) is 8.64. The number of nitrogens with zero attached hydrogens (tertiary/aromatic N) is 3. The van der Waals surface area contributed by atoms with E-state index in [1.807, 2.05) is 30.3 Å². The largest absolute Gasteiger partial charge is 0.358 e. The van der Waals surface area contributed by atoms with Crippen molar-refractivity contribution in [3.05, 3.63) is 70.8 Å². The number of rotatable bonds is 2. The van der Waals surface area contributed by atoms with Gasteiger partial charge in [-0.25, -0.2) is 0 Å². The molecule has 0 saturated heterocycles. The van der Waals surface area contributed by atoms with Crippen LogP contribution in [0.2, 0.25) is 5.02 Å². The highest BCUT2D eigenvalue weighted by atomic mass is 35.5. The molecule has 27 heavy (non-hydrogen) atoms. The zero-order valence-electron chi connectivity index (χ0n) is 14.3. The number of halogens is 1. The molecule has 7 heteroatoms. The van der Waals surface area contributed by atoms with Gasteiger partial charge in [0.05, 0.1) is 0 Å². The third-order valence-electron chi connectivity index (χ3n) is 4.90. The first-order chi connectivity index (χ1) is 13.2. The Morgan fingerprint density at radius 3 is 3.04 bits per heavy atom. The maximum atomic E-state index is 12.9. The average molecular weight is 379 g/mol. The zero-order valence-corrected chi connectivity index (χ0v) is 15.0. The number of benzene rings is 1. The predicted octanol–water partition coefficient (Wildman–Crippen LogP) is 4.07. The van der Waals surface area contributed by atoms with E-state index in [2.05, 4.69) is 15.1 Å². The Morgan fingerprint density at radius 2 is 2.19 bits per heavy atom. The zero-order chi connectivity index (χ0) is 18.4. The van der Waals surface area contributed by atoms with Gasteiger partial charge in [0.15, 0.2) is 11.5 Å². The number of hydrogen-bond acceptors (Lipinski definition) is 4. The van der Waals surface area contributed by atoms with Gasteiger partial charge in [0, 0.05) is 70.7 Å². The lowest BCUT2D eigenvalue weighted by molar-refractivity contribution is 0.0724. The molecule has 5 rings (SSSR count). The number of H-pyrrole nitrogens is 1. The molecule has 4 aromatic rings. The number of fused-ring (bicyclic) bond motifs is 3. The van der Waals surface area contributed by atoms with Crippen LogP contribution in [0.3, 0.4) is 0 Å². The highest BCUT2D eigenvalue weighted by Crippen LogP contribution is 2.30. The lowest BCUT2D eigenvalue weighted by atomic mass is 10.0. The van der Waals surface area contributed by atoms with Gasteiger partial charge in [0.1, 0.15) is 0 Å².